The number of hydrogen-bond donors (Lipinski definition) is 1. The third kappa shape index (κ3) is 4.61. The van der Waals surface area contributed by atoms with Gasteiger partial charge in [0.25, 0.3) is 10.0 Å². The highest BCUT2D eigenvalue weighted by molar-refractivity contribution is 7.90. The number of ketones is 1. The van der Waals surface area contributed by atoms with Gasteiger partial charge in [0.05, 0.1) is 22.3 Å². The lowest BCUT2D eigenvalue weighted by Crippen LogP contribution is -2.23. The first-order valence-corrected chi connectivity index (χ1v) is 11.6. The quantitative estimate of drug-likeness (QED) is 0.606. The molecule has 0 aliphatic heterocycles. The molecular weight excluding hydrogens is 440 g/mol. The number of carboxylic acid groups (broad SMARTS) is 1. The number of sulfonamides is 1. The first kappa shape index (κ1) is 22.2. The summed E-state index contributed by atoms with van der Waals surface area (Å²) in [7, 11) is -4.02. The van der Waals surface area contributed by atoms with Crippen LogP contribution >= 0.6 is 0 Å². The number of aromatic carboxylic acids is 1. The molecule has 0 saturated carbocycles. The number of allylic oxidation sites excluding steroid dienone is 2. The molecule has 8 heteroatoms. The molecule has 7 nitrogen and oxygen atoms in total. The van der Waals surface area contributed by atoms with Gasteiger partial charge in [-0.05, 0) is 47.9 Å². The summed E-state index contributed by atoms with van der Waals surface area (Å²) in [5, 5.41) is 13.9. The van der Waals surface area contributed by atoms with E-state index < -0.39 is 16.0 Å². The molecule has 0 heterocycles. The van der Waals surface area contributed by atoms with Crippen LogP contribution in [-0.4, -0.2) is 25.9 Å². The van der Waals surface area contributed by atoms with Crippen molar-refractivity contribution in [2.45, 2.75) is 18.2 Å². The Bertz CT molecular complexity index is 1400. The second kappa shape index (κ2) is 8.84. The molecule has 3 aromatic carbocycles. The molecule has 1 N–H and O–H groups in total. The van der Waals surface area contributed by atoms with Gasteiger partial charge >= 0.3 is 0 Å². The van der Waals surface area contributed by atoms with Gasteiger partial charge in [-0.2, -0.15) is 12.8 Å². The molecule has 3 aromatic rings. The molecule has 0 saturated heterocycles. The monoisotopic (exact) mass is 459 g/mol. The van der Waals surface area contributed by atoms with E-state index in [1.54, 1.807) is 36.4 Å². The van der Waals surface area contributed by atoms with Crippen LogP contribution in [0.3, 0.4) is 0 Å². The molecule has 4 rings (SSSR count). The van der Waals surface area contributed by atoms with Crippen LogP contribution < -0.4 is 10.4 Å². The molecule has 0 radical (unpaired) electrons. The summed E-state index contributed by atoms with van der Waals surface area (Å²) in [4.78, 5) is 24.0. The van der Waals surface area contributed by atoms with E-state index in [4.69, 9.17) is 0 Å². The predicted octanol–water partition coefficient (Wildman–Crippen LogP) is 2.98. The van der Waals surface area contributed by atoms with Gasteiger partial charge in [-0.1, -0.05) is 55.5 Å². The van der Waals surface area contributed by atoms with Crippen LogP contribution in [0, 0.1) is 0 Å². The minimum atomic E-state index is -4.02. The van der Waals surface area contributed by atoms with Crippen molar-refractivity contribution in [3.8, 4) is 0 Å². The van der Waals surface area contributed by atoms with E-state index in [0.717, 1.165) is 12.0 Å². The second-order valence-corrected chi connectivity index (χ2v) is 8.98. The van der Waals surface area contributed by atoms with Crippen LogP contribution in [0.1, 0.15) is 38.8 Å². The van der Waals surface area contributed by atoms with Crippen molar-refractivity contribution in [2.75, 3.05) is 5.32 Å². The molecule has 0 spiro atoms. The Balaban J connectivity index is 1.75. The number of rotatable bonds is 6. The zero-order valence-corrected chi connectivity index (χ0v) is 18.4. The van der Waals surface area contributed by atoms with Gasteiger partial charge in [0.2, 0.25) is 5.78 Å². The summed E-state index contributed by atoms with van der Waals surface area (Å²) in [6, 6.07) is 18.8. The number of hydrogen-bond acceptors (Lipinski definition) is 6. The van der Waals surface area contributed by atoms with Crippen LogP contribution in [0.4, 0.5) is 5.69 Å². The van der Waals surface area contributed by atoms with Gasteiger partial charge in [0.1, 0.15) is 0 Å². The zero-order valence-electron chi connectivity index (χ0n) is 17.6. The number of nitrogens with one attached hydrogen (secondary N) is 1. The summed E-state index contributed by atoms with van der Waals surface area (Å²) < 4.78 is 30.0. The maximum atomic E-state index is 13.0. The fraction of sp³-hybridized carbons (Fsp3) is 0.0800. The first-order chi connectivity index (χ1) is 15.8. The number of carbonyl (C=O) groups is 2. The Kier molecular flexibility index (Phi) is 5.93. The van der Waals surface area contributed by atoms with Crippen LogP contribution in [0.25, 0.3) is 0 Å². The molecule has 33 heavy (non-hydrogen) atoms. The van der Waals surface area contributed by atoms with Crippen molar-refractivity contribution in [1.82, 2.24) is 0 Å². The predicted molar refractivity (Wildman–Crippen MR) is 123 cm³/mol. The van der Waals surface area contributed by atoms with Crippen LogP contribution in [-0.2, 0) is 16.4 Å². The number of fused-ring (bicyclic) bond motifs is 1. The molecule has 1 aliphatic carbocycles. The summed E-state index contributed by atoms with van der Waals surface area (Å²) in [5.74, 6) is -1.65. The first-order valence-electron chi connectivity index (χ1n) is 10.2. The van der Waals surface area contributed by atoms with Gasteiger partial charge in [0, 0.05) is 16.8 Å². The molecular formula is C25H19N2O5S-. The van der Waals surface area contributed by atoms with E-state index in [1.165, 1.54) is 42.5 Å². The summed E-state index contributed by atoms with van der Waals surface area (Å²) in [6.45, 7) is 1.98. The number of aryl methyl sites for hydroxylation is 1. The van der Waals surface area contributed by atoms with E-state index >= 15 is 0 Å². The van der Waals surface area contributed by atoms with Gasteiger partial charge < -0.3 is 15.2 Å². The fourth-order valence-electron chi connectivity index (χ4n) is 3.42. The van der Waals surface area contributed by atoms with Crippen LogP contribution in [0.15, 0.2) is 93.9 Å². The van der Waals surface area contributed by atoms with E-state index in [0.29, 0.717) is 16.8 Å². The third-order valence-electron chi connectivity index (χ3n) is 5.22. The highest BCUT2D eigenvalue weighted by Gasteiger charge is 2.26. The third-order valence-corrected chi connectivity index (χ3v) is 6.53. The molecule has 0 unspecified atom stereocenters. The topological polar surface area (TPSA) is 116 Å². The second-order valence-electron chi connectivity index (χ2n) is 7.37. The summed E-state index contributed by atoms with van der Waals surface area (Å²) >= 11 is 0. The van der Waals surface area contributed by atoms with Crippen LogP contribution in [0.2, 0.25) is 0 Å². The number of carbonyl (C=O) groups excluding carboxylic acids is 2. The van der Waals surface area contributed by atoms with E-state index in [-0.39, 0.29) is 27.7 Å². The van der Waals surface area contributed by atoms with Crippen LogP contribution in [0.5, 0.6) is 0 Å². The SMILES string of the molecule is CCc1ccc(S(=O)(=O)N=C2C=C(Nc3ccc(C(=O)[O-])cc3)C(=O)c3ccccc32)cc1. The van der Waals surface area contributed by atoms with E-state index in [2.05, 4.69) is 9.71 Å². The minimum absolute atomic E-state index is 0.00252. The number of nitrogens with zero attached hydrogens (tertiary/aromatic N) is 1. The Labute approximate surface area is 191 Å². The van der Waals surface area contributed by atoms with E-state index in [9.17, 15) is 23.1 Å². The largest absolute Gasteiger partial charge is 0.545 e. The Hall–Kier alpha value is -4.04. The molecule has 0 aromatic heterocycles. The van der Waals surface area contributed by atoms with Crippen molar-refractivity contribution in [3.05, 3.63) is 107 Å². The van der Waals surface area contributed by atoms with Gasteiger partial charge in [0.15, 0.2) is 0 Å². The number of Topliss-reactive ketones (excluding diaryl/α,β-unsaturated/α-hetero) is 1. The standard InChI is InChI=1S/C25H20N2O5S/c1-2-16-7-13-19(14-8-16)33(31,32)27-22-15-23(24(28)21-6-4-3-5-20(21)22)26-18-11-9-17(10-12-18)25(29)30/h3-15,26H,2H2,1H3,(H,29,30)/p-1. The van der Waals surface area contributed by atoms with Crippen molar-refractivity contribution in [2.24, 2.45) is 4.40 Å². The lowest BCUT2D eigenvalue weighted by atomic mass is 9.92. The molecule has 0 amide bonds. The Morgan fingerprint density at radius 2 is 1.58 bits per heavy atom. The molecule has 0 bridgehead atoms. The summed E-state index contributed by atoms with van der Waals surface area (Å²) in [6.07, 6.45) is 2.17. The fourth-order valence-corrected chi connectivity index (χ4v) is 4.42. The van der Waals surface area contributed by atoms with Crippen molar-refractivity contribution in [3.63, 3.8) is 0 Å². The lowest BCUT2D eigenvalue weighted by molar-refractivity contribution is -0.255. The molecule has 0 fully saturated rings. The van der Waals surface area contributed by atoms with Crippen molar-refractivity contribution >= 4 is 33.2 Å². The number of benzene rings is 3. The van der Waals surface area contributed by atoms with Crippen molar-refractivity contribution < 1.29 is 23.1 Å². The van der Waals surface area contributed by atoms with E-state index in [1.807, 2.05) is 6.92 Å². The Morgan fingerprint density at radius 1 is 0.939 bits per heavy atom. The maximum Gasteiger partial charge on any atom is 0.282 e. The summed E-state index contributed by atoms with van der Waals surface area (Å²) in [5.41, 5.74) is 2.42. The average molecular weight is 460 g/mol. The highest BCUT2D eigenvalue weighted by Crippen LogP contribution is 2.25. The number of carboxylic acids is 1. The maximum absolute atomic E-state index is 13.0. The molecule has 1 aliphatic rings. The zero-order chi connectivity index (χ0) is 23.6. The Morgan fingerprint density at radius 3 is 2.18 bits per heavy atom. The van der Waals surface area contributed by atoms with Gasteiger partial charge in [-0.25, -0.2) is 0 Å². The molecule has 166 valence electrons. The molecule has 0 atom stereocenters. The number of anilines is 1. The van der Waals surface area contributed by atoms with Crippen molar-refractivity contribution in [1.29, 1.82) is 0 Å². The highest BCUT2D eigenvalue weighted by atomic mass is 32.2. The smallest absolute Gasteiger partial charge is 0.282 e. The average Bonchev–Trinajstić information content (AvgIpc) is 2.82. The minimum Gasteiger partial charge on any atom is -0.545 e. The van der Waals surface area contributed by atoms with Gasteiger partial charge in [-0.15, -0.1) is 0 Å². The van der Waals surface area contributed by atoms with Gasteiger partial charge in [-0.3, -0.25) is 4.79 Å². The lowest BCUT2D eigenvalue weighted by Gasteiger charge is -2.19. The normalized spacial score (nSPS) is 14.5.